The van der Waals surface area contributed by atoms with E-state index in [1.54, 1.807) is 11.3 Å². The van der Waals surface area contributed by atoms with Gasteiger partial charge in [-0.25, -0.2) is 4.98 Å². The Kier molecular flexibility index (Phi) is 5.08. The fourth-order valence-electron chi connectivity index (χ4n) is 2.80. The number of nitrogens with zero attached hydrogens (tertiary/aromatic N) is 2. The normalized spacial score (nSPS) is 16.8. The van der Waals surface area contributed by atoms with Crippen molar-refractivity contribution in [2.45, 2.75) is 39.0 Å². The molecule has 2 aromatic rings. The maximum atomic E-state index is 9.62. The molecule has 1 aliphatic rings. The van der Waals surface area contributed by atoms with E-state index in [0.717, 1.165) is 49.7 Å². The molecule has 0 aliphatic carbocycles. The van der Waals surface area contributed by atoms with Crippen molar-refractivity contribution in [1.82, 2.24) is 9.88 Å². The van der Waals surface area contributed by atoms with Crippen molar-refractivity contribution in [3.63, 3.8) is 0 Å². The monoisotopic (exact) mass is 317 g/mol. The smallest absolute Gasteiger partial charge is 0.112 e. The molecule has 5 heteroatoms. The van der Waals surface area contributed by atoms with Gasteiger partial charge in [-0.05, 0) is 31.4 Å². The largest absolute Gasteiger partial charge is 0.393 e. The number of anilines is 1. The molecule has 0 saturated carbocycles. The van der Waals surface area contributed by atoms with Gasteiger partial charge in [-0.2, -0.15) is 0 Å². The lowest BCUT2D eigenvalue weighted by atomic mass is 10.1. The molecule has 2 N–H and O–H groups in total. The number of benzene rings is 1. The fourth-order valence-corrected chi connectivity index (χ4v) is 3.52. The van der Waals surface area contributed by atoms with Crippen LogP contribution in [0.2, 0.25) is 0 Å². The van der Waals surface area contributed by atoms with Crippen molar-refractivity contribution in [2.24, 2.45) is 0 Å². The highest BCUT2D eigenvalue weighted by Gasteiger charge is 2.17. The molecule has 2 heterocycles. The van der Waals surface area contributed by atoms with Gasteiger partial charge in [-0.1, -0.05) is 18.2 Å². The Bertz CT molecular complexity index is 605. The predicted molar refractivity (Wildman–Crippen MR) is 91.1 cm³/mol. The van der Waals surface area contributed by atoms with Crippen LogP contribution in [0.1, 0.15) is 29.1 Å². The van der Waals surface area contributed by atoms with Gasteiger partial charge in [0.2, 0.25) is 0 Å². The Morgan fingerprint density at radius 2 is 2.09 bits per heavy atom. The second-order valence-electron chi connectivity index (χ2n) is 5.90. The first-order chi connectivity index (χ1) is 10.7. The summed E-state index contributed by atoms with van der Waals surface area (Å²) in [5, 5.41) is 16.3. The van der Waals surface area contributed by atoms with Crippen LogP contribution in [0.25, 0.3) is 0 Å². The lowest BCUT2D eigenvalue weighted by Crippen LogP contribution is -2.35. The average molecular weight is 317 g/mol. The molecule has 1 saturated heterocycles. The van der Waals surface area contributed by atoms with Gasteiger partial charge in [-0.3, -0.25) is 4.90 Å². The highest BCUT2D eigenvalue weighted by Crippen LogP contribution is 2.21. The van der Waals surface area contributed by atoms with Crippen LogP contribution in [0, 0.1) is 6.92 Å². The van der Waals surface area contributed by atoms with Crippen molar-refractivity contribution < 1.29 is 5.11 Å². The van der Waals surface area contributed by atoms with Gasteiger partial charge >= 0.3 is 0 Å². The molecule has 0 amide bonds. The quantitative estimate of drug-likeness (QED) is 0.890. The Morgan fingerprint density at radius 1 is 1.32 bits per heavy atom. The molecule has 0 unspecified atom stereocenters. The maximum Gasteiger partial charge on any atom is 0.112 e. The van der Waals surface area contributed by atoms with E-state index >= 15 is 0 Å². The van der Waals surface area contributed by atoms with E-state index in [9.17, 15) is 5.11 Å². The molecule has 118 valence electrons. The van der Waals surface area contributed by atoms with Crippen LogP contribution in [0.5, 0.6) is 0 Å². The summed E-state index contributed by atoms with van der Waals surface area (Å²) in [5.74, 6) is 0. The molecule has 3 rings (SSSR count). The number of para-hydroxylation sites is 1. The summed E-state index contributed by atoms with van der Waals surface area (Å²) in [6, 6.07) is 8.47. The van der Waals surface area contributed by atoms with Crippen LogP contribution >= 0.6 is 11.3 Å². The second kappa shape index (κ2) is 7.22. The summed E-state index contributed by atoms with van der Waals surface area (Å²) < 4.78 is 0. The van der Waals surface area contributed by atoms with Gasteiger partial charge in [0.1, 0.15) is 5.01 Å². The molecule has 4 nitrogen and oxygen atoms in total. The van der Waals surface area contributed by atoms with E-state index in [1.807, 2.05) is 6.92 Å². The molecular formula is C17H23N3OS. The number of nitrogens with one attached hydrogen (secondary N) is 1. The summed E-state index contributed by atoms with van der Waals surface area (Å²) in [5.41, 5.74) is 3.58. The standard InChI is InChI=1S/C17H23N3OS/c1-13-12-22-17(19-13)10-18-16-5-3-2-4-14(16)11-20-8-6-15(21)7-9-20/h2-5,12,15,18,21H,6-11H2,1H3. The average Bonchev–Trinajstić information content (AvgIpc) is 2.94. The second-order valence-corrected chi connectivity index (χ2v) is 6.84. The third-order valence-corrected chi connectivity index (χ3v) is 5.03. The van der Waals surface area contributed by atoms with Gasteiger partial charge in [-0.15, -0.1) is 11.3 Å². The molecule has 1 aliphatic heterocycles. The SMILES string of the molecule is Cc1csc(CNc2ccccc2CN2CCC(O)CC2)n1. The topological polar surface area (TPSA) is 48.4 Å². The van der Waals surface area contributed by atoms with E-state index in [1.165, 1.54) is 11.3 Å². The molecule has 0 radical (unpaired) electrons. The molecule has 1 fully saturated rings. The molecule has 0 spiro atoms. The van der Waals surface area contributed by atoms with Crippen LogP contribution in [-0.4, -0.2) is 34.2 Å². The van der Waals surface area contributed by atoms with E-state index in [-0.39, 0.29) is 6.10 Å². The van der Waals surface area contributed by atoms with Crippen molar-refractivity contribution in [3.05, 3.63) is 45.9 Å². The third-order valence-electron chi connectivity index (χ3n) is 4.07. The van der Waals surface area contributed by atoms with Gasteiger partial charge in [0.15, 0.2) is 0 Å². The molecule has 1 aromatic carbocycles. The van der Waals surface area contributed by atoms with Crippen LogP contribution < -0.4 is 5.32 Å². The Morgan fingerprint density at radius 3 is 2.82 bits per heavy atom. The lowest BCUT2D eigenvalue weighted by molar-refractivity contribution is 0.0793. The minimum Gasteiger partial charge on any atom is -0.393 e. The van der Waals surface area contributed by atoms with Crippen LogP contribution in [0.4, 0.5) is 5.69 Å². The molecule has 1 aromatic heterocycles. The van der Waals surface area contributed by atoms with Gasteiger partial charge < -0.3 is 10.4 Å². The zero-order valence-electron chi connectivity index (χ0n) is 13.0. The van der Waals surface area contributed by atoms with Crippen molar-refractivity contribution in [2.75, 3.05) is 18.4 Å². The first kappa shape index (κ1) is 15.5. The summed E-state index contributed by atoms with van der Waals surface area (Å²) in [6.07, 6.45) is 1.65. The van der Waals surface area contributed by atoms with E-state index in [4.69, 9.17) is 0 Å². The number of thiazole rings is 1. The number of likely N-dealkylation sites (tertiary alicyclic amines) is 1. The molecular weight excluding hydrogens is 294 g/mol. The number of aromatic nitrogens is 1. The molecule has 0 bridgehead atoms. The highest BCUT2D eigenvalue weighted by molar-refractivity contribution is 7.09. The Labute approximate surface area is 135 Å². The van der Waals surface area contributed by atoms with Crippen LogP contribution in [-0.2, 0) is 13.1 Å². The maximum absolute atomic E-state index is 9.62. The van der Waals surface area contributed by atoms with Gasteiger partial charge in [0.25, 0.3) is 0 Å². The molecule has 22 heavy (non-hydrogen) atoms. The van der Waals surface area contributed by atoms with E-state index in [0.29, 0.717) is 0 Å². The lowest BCUT2D eigenvalue weighted by Gasteiger charge is -2.30. The minimum absolute atomic E-state index is 0.113. The number of rotatable bonds is 5. The Hall–Kier alpha value is -1.43. The number of aryl methyl sites for hydroxylation is 1. The van der Waals surface area contributed by atoms with E-state index < -0.39 is 0 Å². The van der Waals surface area contributed by atoms with Crippen molar-refractivity contribution >= 4 is 17.0 Å². The van der Waals surface area contributed by atoms with E-state index in [2.05, 4.69) is 44.8 Å². The zero-order chi connectivity index (χ0) is 15.4. The first-order valence-corrected chi connectivity index (χ1v) is 8.72. The van der Waals surface area contributed by atoms with Crippen LogP contribution in [0.3, 0.4) is 0 Å². The third kappa shape index (κ3) is 4.06. The predicted octanol–water partition coefficient (Wildman–Crippen LogP) is 3.02. The Balaban J connectivity index is 1.62. The zero-order valence-corrected chi connectivity index (χ0v) is 13.8. The summed E-state index contributed by atoms with van der Waals surface area (Å²) >= 11 is 1.70. The summed E-state index contributed by atoms with van der Waals surface area (Å²) in [6.45, 7) is 5.68. The summed E-state index contributed by atoms with van der Waals surface area (Å²) in [7, 11) is 0. The highest BCUT2D eigenvalue weighted by atomic mass is 32.1. The van der Waals surface area contributed by atoms with Gasteiger partial charge in [0.05, 0.1) is 12.6 Å². The first-order valence-electron chi connectivity index (χ1n) is 7.84. The summed E-state index contributed by atoms with van der Waals surface area (Å²) in [4.78, 5) is 6.91. The number of aliphatic hydroxyl groups is 1. The molecule has 0 atom stereocenters. The number of hydrogen-bond acceptors (Lipinski definition) is 5. The van der Waals surface area contributed by atoms with Crippen molar-refractivity contribution in [3.8, 4) is 0 Å². The number of piperidine rings is 1. The number of hydrogen-bond donors (Lipinski definition) is 2. The fraction of sp³-hybridized carbons (Fsp3) is 0.471. The minimum atomic E-state index is -0.113. The van der Waals surface area contributed by atoms with Gasteiger partial charge in [0, 0.05) is 36.4 Å². The van der Waals surface area contributed by atoms with Crippen molar-refractivity contribution in [1.29, 1.82) is 0 Å². The van der Waals surface area contributed by atoms with Crippen LogP contribution in [0.15, 0.2) is 29.6 Å². The number of aliphatic hydroxyl groups excluding tert-OH is 1.